The summed E-state index contributed by atoms with van der Waals surface area (Å²) in [6, 6.07) is 8.75. The number of likely N-dealkylation sites (tertiary alicyclic amines) is 1. The summed E-state index contributed by atoms with van der Waals surface area (Å²) in [5.74, 6) is -0.673. The summed E-state index contributed by atoms with van der Waals surface area (Å²) in [5, 5.41) is 2.97. The van der Waals surface area contributed by atoms with E-state index in [4.69, 9.17) is 5.73 Å². The van der Waals surface area contributed by atoms with Crippen LogP contribution in [0.15, 0.2) is 39.3 Å². The highest BCUT2D eigenvalue weighted by atomic mass is 79.9. The maximum atomic E-state index is 13.2. The number of hydrogen-bond acceptors (Lipinski definition) is 5. The lowest BCUT2D eigenvalue weighted by atomic mass is 9.99. The summed E-state index contributed by atoms with van der Waals surface area (Å²) in [7, 11) is 0. The van der Waals surface area contributed by atoms with E-state index in [0.29, 0.717) is 83.4 Å². The van der Waals surface area contributed by atoms with Crippen LogP contribution in [0.1, 0.15) is 59.4 Å². The first kappa shape index (κ1) is 28.6. The third-order valence-corrected chi connectivity index (χ3v) is 9.59. The van der Waals surface area contributed by atoms with E-state index in [1.165, 1.54) is 0 Å². The van der Waals surface area contributed by atoms with E-state index in [9.17, 15) is 19.2 Å². The molecule has 5 rings (SSSR count). The van der Waals surface area contributed by atoms with Crippen LogP contribution in [-0.4, -0.2) is 70.5 Å². The predicted molar refractivity (Wildman–Crippen MR) is 160 cm³/mol. The molecule has 212 valence electrons. The van der Waals surface area contributed by atoms with E-state index >= 15 is 0 Å². The van der Waals surface area contributed by atoms with Gasteiger partial charge < -0.3 is 25.8 Å². The molecule has 2 atom stereocenters. The first-order valence-corrected chi connectivity index (χ1v) is 15.3. The van der Waals surface area contributed by atoms with Gasteiger partial charge in [0.15, 0.2) is 5.78 Å². The van der Waals surface area contributed by atoms with Crippen LogP contribution >= 0.6 is 31.9 Å². The molecule has 40 heavy (non-hydrogen) atoms. The molecule has 1 saturated carbocycles. The number of nitrogens with two attached hydrogens (primary N) is 1. The minimum absolute atomic E-state index is 0.00953. The van der Waals surface area contributed by atoms with Crippen LogP contribution in [-0.2, 0) is 11.3 Å². The fourth-order valence-electron chi connectivity index (χ4n) is 5.73. The molecular weight excluding hydrogens is 642 g/mol. The number of nitrogen functional groups attached to an aromatic ring is 1. The third kappa shape index (κ3) is 5.50. The number of anilines is 2. The van der Waals surface area contributed by atoms with Crippen molar-refractivity contribution in [1.82, 2.24) is 14.7 Å². The summed E-state index contributed by atoms with van der Waals surface area (Å²) in [4.78, 5) is 57.4. The molecule has 2 heterocycles. The number of carbonyl (C=O) groups is 4. The number of carbonyl (C=O) groups excluding carboxylic acids is 4. The van der Waals surface area contributed by atoms with Gasteiger partial charge in [0.25, 0.3) is 5.91 Å². The minimum Gasteiger partial charge on any atom is -0.397 e. The molecule has 0 bridgehead atoms. The number of nitrogens with one attached hydrogen (secondary N) is 1. The molecule has 2 aromatic rings. The van der Waals surface area contributed by atoms with Crippen molar-refractivity contribution < 1.29 is 19.2 Å². The molecule has 2 fully saturated rings. The van der Waals surface area contributed by atoms with Gasteiger partial charge in [-0.1, -0.05) is 6.07 Å². The molecule has 3 N–H and O–H groups in total. The zero-order valence-corrected chi connectivity index (χ0v) is 25.8. The number of urea groups is 1. The van der Waals surface area contributed by atoms with Crippen molar-refractivity contribution in [3.8, 4) is 0 Å². The van der Waals surface area contributed by atoms with Gasteiger partial charge in [0.05, 0.1) is 5.69 Å². The lowest BCUT2D eigenvalue weighted by molar-refractivity contribution is -0.134. The van der Waals surface area contributed by atoms with E-state index in [-0.39, 0.29) is 41.5 Å². The zero-order chi connectivity index (χ0) is 28.7. The van der Waals surface area contributed by atoms with Gasteiger partial charge in [0, 0.05) is 76.4 Å². The number of amides is 4. The Bertz CT molecular complexity index is 1350. The number of Topliss-reactive ketones (excluding diaryl/α,β-unsaturated/α-hetero) is 1. The van der Waals surface area contributed by atoms with Crippen LogP contribution in [0.25, 0.3) is 0 Å². The first-order valence-electron chi connectivity index (χ1n) is 13.7. The summed E-state index contributed by atoms with van der Waals surface area (Å²) in [5.41, 5.74) is 9.22. The van der Waals surface area contributed by atoms with Crippen LogP contribution in [0, 0.1) is 11.8 Å². The minimum atomic E-state index is -0.310. The van der Waals surface area contributed by atoms with Gasteiger partial charge >= 0.3 is 6.03 Å². The third-order valence-electron chi connectivity index (χ3n) is 8.28. The number of ketones is 1. The second-order valence-electron chi connectivity index (χ2n) is 10.6. The predicted octanol–water partition coefficient (Wildman–Crippen LogP) is 5.13. The average Bonchev–Trinajstić information content (AvgIpc) is 3.76. The molecule has 4 amide bonds. The maximum Gasteiger partial charge on any atom is 0.322 e. The van der Waals surface area contributed by atoms with Crippen LogP contribution in [0.4, 0.5) is 16.2 Å². The number of benzene rings is 2. The van der Waals surface area contributed by atoms with Gasteiger partial charge in [-0.05, 0) is 94.8 Å². The molecule has 3 aliphatic rings. The molecule has 2 aliphatic heterocycles. The van der Waals surface area contributed by atoms with Gasteiger partial charge in [-0.2, -0.15) is 0 Å². The Kier molecular flexibility index (Phi) is 8.24. The number of fused-ring (bicyclic) bond motifs is 1. The smallest absolute Gasteiger partial charge is 0.322 e. The number of rotatable bonds is 7. The van der Waals surface area contributed by atoms with E-state index < -0.39 is 0 Å². The summed E-state index contributed by atoms with van der Waals surface area (Å²) < 4.78 is 1.29. The monoisotopic (exact) mass is 673 g/mol. The molecule has 0 unspecified atom stereocenters. The first-order chi connectivity index (χ1) is 19.1. The van der Waals surface area contributed by atoms with E-state index in [1.807, 2.05) is 35.8 Å². The van der Waals surface area contributed by atoms with Crippen molar-refractivity contribution in [3.05, 3.63) is 56.0 Å². The Balaban J connectivity index is 1.17. The highest BCUT2D eigenvalue weighted by molar-refractivity contribution is 9.11. The van der Waals surface area contributed by atoms with E-state index in [2.05, 4.69) is 37.2 Å². The normalized spacial score (nSPS) is 20.6. The molecule has 1 aliphatic carbocycles. The summed E-state index contributed by atoms with van der Waals surface area (Å²) in [6.07, 6.45) is 1.91. The quantitative estimate of drug-likeness (QED) is 0.312. The largest absolute Gasteiger partial charge is 0.397 e. The topological polar surface area (TPSA) is 116 Å². The molecule has 1 saturated heterocycles. The molecule has 0 radical (unpaired) electrons. The van der Waals surface area contributed by atoms with Gasteiger partial charge in [-0.3, -0.25) is 14.4 Å². The van der Waals surface area contributed by atoms with Crippen LogP contribution in [0.5, 0.6) is 0 Å². The average molecular weight is 675 g/mol. The lowest BCUT2D eigenvalue weighted by Crippen LogP contribution is -2.51. The second kappa shape index (κ2) is 11.5. The van der Waals surface area contributed by atoms with Crippen molar-refractivity contribution in [2.75, 3.05) is 37.2 Å². The highest BCUT2D eigenvalue weighted by Crippen LogP contribution is 2.44. The fraction of sp³-hybridized carbons (Fsp3) is 0.448. The van der Waals surface area contributed by atoms with Crippen molar-refractivity contribution >= 4 is 66.9 Å². The molecule has 0 aromatic heterocycles. The summed E-state index contributed by atoms with van der Waals surface area (Å²) in [6.45, 7) is 6.71. The van der Waals surface area contributed by atoms with Gasteiger partial charge in [-0.25, -0.2) is 4.79 Å². The molecule has 2 aromatic carbocycles. The van der Waals surface area contributed by atoms with Crippen molar-refractivity contribution in [1.29, 1.82) is 0 Å². The number of halogens is 2. The van der Waals surface area contributed by atoms with Crippen LogP contribution in [0.3, 0.4) is 0 Å². The standard InChI is InChI=1S/C29H33Br2N5O4/c1-3-34(4-2)27(38)16-5-6-17-15-36(29(40)33-24(17)13-16)19-7-9-35(10-8-19)28(39)21-14-20(21)26(37)18-11-22(30)25(32)23(31)12-18/h5-6,11-13,19-21H,3-4,7-10,14-15,32H2,1-2H3,(H,33,40)/t20-,21-/m1/s1. The second-order valence-corrected chi connectivity index (χ2v) is 12.3. The summed E-state index contributed by atoms with van der Waals surface area (Å²) >= 11 is 6.76. The Morgan fingerprint density at radius 1 is 1.00 bits per heavy atom. The van der Waals surface area contributed by atoms with Gasteiger partial charge in [0.2, 0.25) is 5.91 Å². The van der Waals surface area contributed by atoms with Crippen LogP contribution in [0.2, 0.25) is 0 Å². The number of hydrogen-bond donors (Lipinski definition) is 2. The Morgan fingerprint density at radius 2 is 1.65 bits per heavy atom. The SMILES string of the molecule is CCN(CC)C(=O)c1ccc2c(c1)NC(=O)N(C1CCN(C(=O)[C@@H]3C[C@H]3C(=O)c3cc(Br)c(N)c(Br)c3)CC1)C2. The van der Waals surface area contributed by atoms with Gasteiger partial charge in [-0.15, -0.1) is 0 Å². The van der Waals surface area contributed by atoms with Crippen LogP contribution < -0.4 is 11.1 Å². The number of piperidine rings is 1. The number of nitrogens with zero attached hydrogens (tertiary/aromatic N) is 3. The zero-order valence-electron chi connectivity index (χ0n) is 22.6. The van der Waals surface area contributed by atoms with Crippen molar-refractivity contribution in [2.24, 2.45) is 11.8 Å². The van der Waals surface area contributed by atoms with Gasteiger partial charge in [0.1, 0.15) is 0 Å². The molecule has 11 heteroatoms. The lowest BCUT2D eigenvalue weighted by Gasteiger charge is -2.40. The molecular formula is C29H33Br2N5O4. The maximum absolute atomic E-state index is 13.2. The fourth-order valence-corrected chi connectivity index (χ4v) is 6.91. The Morgan fingerprint density at radius 3 is 2.27 bits per heavy atom. The Labute approximate surface area is 250 Å². The molecule has 0 spiro atoms. The van der Waals surface area contributed by atoms with Crippen molar-refractivity contribution in [3.63, 3.8) is 0 Å². The van der Waals surface area contributed by atoms with E-state index in [0.717, 1.165) is 5.56 Å². The molecule has 9 nitrogen and oxygen atoms in total. The van der Waals surface area contributed by atoms with Crippen molar-refractivity contribution in [2.45, 2.75) is 45.7 Å². The van der Waals surface area contributed by atoms with E-state index in [1.54, 1.807) is 23.1 Å². The Hall–Kier alpha value is -2.92. The highest BCUT2D eigenvalue weighted by Gasteiger charge is 2.50.